The third-order valence-electron chi connectivity index (χ3n) is 5.70. The Hall–Kier alpha value is -3.59. The number of nitrogens with one attached hydrogen (secondary N) is 2. The van der Waals surface area contributed by atoms with Crippen molar-refractivity contribution in [3.63, 3.8) is 0 Å². The van der Waals surface area contributed by atoms with Crippen molar-refractivity contribution in [2.24, 2.45) is 0 Å². The van der Waals surface area contributed by atoms with Crippen molar-refractivity contribution in [2.75, 3.05) is 24.3 Å². The largest absolute Gasteiger partial charge is 0.490 e. The number of anilines is 2. The molecule has 2 heterocycles. The predicted molar refractivity (Wildman–Crippen MR) is 117 cm³/mol. The van der Waals surface area contributed by atoms with Crippen molar-refractivity contribution < 1.29 is 29.0 Å². The minimum absolute atomic E-state index is 0.0719. The highest BCUT2D eigenvalue weighted by Gasteiger charge is 2.39. The normalized spacial score (nSPS) is 22.5. The number of rotatable bonds is 4. The molecule has 9 heteroatoms. The molecule has 2 aromatic rings. The summed E-state index contributed by atoms with van der Waals surface area (Å²) < 4.78 is 11.8. The Balaban J connectivity index is 1.49. The van der Waals surface area contributed by atoms with Gasteiger partial charge in [-0.1, -0.05) is 18.2 Å². The van der Waals surface area contributed by atoms with Crippen LogP contribution < -0.4 is 15.4 Å². The van der Waals surface area contributed by atoms with E-state index in [1.807, 2.05) is 18.2 Å². The van der Waals surface area contributed by atoms with Gasteiger partial charge < -0.3 is 30.1 Å². The van der Waals surface area contributed by atoms with Crippen LogP contribution in [0.3, 0.4) is 0 Å². The summed E-state index contributed by atoms with van der Waals surface area (Å²) in [7, 11) is 1.71. The third-order valence-corrected chi connectivity index (χ3v) is 5.70. The minimum atomic E-state index is -0.911. The standard InChI is InChI=1S/C23H25N3O6/c1-26-18-9-8-16(12-21(27)28)32-20(18)13-31-19-10-7-15(11-17(19)22(26)29)25-23(30)24-14-5-3-2-4-6-14/h2-7,10-11,16,18,20H,8-9,12-13H2,1H3,(H,27,28)(H2,24,25,30)/t16-,18+,20+/m1/s1. The van der Waals surface area contributed by atoms with Crippen LogP contribution in [-0.2, 0) is 9.53 Å². The van der Waals surface area contributed by atoms with Crippen LogP contribution in [0.15, 0.2) is 48.5 Å². The van der Waals surface area contributed by atoms with E-state index < -0.39 is 24.2 Å². The number of aliphatic carboxylic acids is 1. The second-order valence-corrected chi connectivity index (χ2v) is 7.92. The van der Waals surface area contributed by atoms with E-state index in [1.165, 1.54) is 0 Å². The zero-order chi connectivity index (χ0) is 22.7. The van der Waals surface area contributed by atoms with Gasteiger partial charge in [-0.05, 0) is 43.2 Å². The van der Waals surface area contributed by atoms with Gasteiger partial charge in [0, 0.05) is 18.4 Å². The van der Waals surface area contributed by atoms with Crippen molar-refractivity contribution >= 4 is 29.3 Å². The molecule has 32 heavy (non-hydrogen) atoms. The molecule has 1 fully saturated rings. The van der Waals surface area contributed by atoms with Crippen molar-refractivity contribution in [1.82, 2.24) is 4.90 Å². The Kier molecular flexibility index (Phi) is 6.27. The second-order valence-electron chi connectivity index (χ2n) is 7.92. The number of carboxylic acids is 1. The van der Waals surface area contributed by atoms with E-state index in [4.69, 9.17) is 14.6 Å². The molecule has 9 nitrogen and oxygen atoms in total. The summed E-state index contributed by atoms with van der Waals surface area (Å²) >= 11 is 0. The minimum Gasteiger partial charge on any atom is -0.490 e. The summed E-state index contributed by atoms with van der Waals surface area (Å²) in [6.45, 7) is 0.201. The van der Waals surface area contributed by atoms with Crippen molar-refractivity contribution in [1.29, 1.82) is 0 Å². The maximum absolute atomic E-state index is 13.2. The van der Waals surface area contributed by atoms with Gasteiger partial charge in [0.1, 0.15) is 18.5 Å². The summed E-state index contributed by atoms with van der Waals surface area (Å²) in [6, 6.07) is 13.3. The van der Waals surface area contributed by atoms with Crippen molar-refractivity contribution in [3.05, 3.63) is 54.1 Å². The molecule has 3 atom stereocenters. The Morgan fingerprint density at radius 3 is 2.59 bits per heavy atom. The van der Waals surface area contributed by atoms with Gasteiger partial charge in [-0.3, -0.25) is 9.59 Å². The first-order chi connectivity index (χ1) is 15.4. The topological polar surface area (TPSA) is 117 Å². The van der Waals surface area contributed by atoms with Crippen LogP contribution in [0.4, 0.5) is 16.2 Å². The Morgan fingerprint density at radius 2 is 1.84 bits per heavy atom. The molecule has 0 unspecified atom stereocenters. The Morgan fingerprint density at radius 1 is 1.09 bits per heavy atom. The molecule has 0 radical (unpaired) electrons. The molecule has 0 aromatic heterocycles. The molecule has 3 amide bonds. The van der Waals surface area contributed by atoms with Crippen molar-refractivity contribution in [3.8, 4) is 5.75 Å². The van der Waals surface area contributed by atoms with E-state index in [2.05, 4.69) is 10.6 Å². The maximum atomic E-state index is 13.2. The number of urea groups is 1. The fraction of sp³-hybridized carbons (Fsp3) is 0.348. The number of hydrogen-bond donors (Lipinski definition) is 3. The SMILES string of the molecule is CN1C(=O)c2cc(NC(=O)Nc3ccccc3)ccc2OC[C@@H]2O[C@@H](CC(=O)O)CC[C@@H]21. The fourth-order valence-electron chi connectivity index (χ4n) is 4.11. The van der Waals surface area contributed by atoms with E-state index in [9.17, 15) is 14.4 Å². The summed E-state index contributed by atoms with van der Waals surface area (Å²) in [5.74, 6) is -0.772. The number of benzene rings is 2. The summed E-state index contributed by atoms with van der Waals surface area (Å²) in [4.78, 5) is 38.2. The summed E-state index contributed by atoms with van der Waals surface area (Å²) in [5.41, 5.74) is 1.46. The lowest BCUT2D eigenvalue weighted by Gasteiger charge is -2.42. The molecule has 168 valence electrons. The van der Waals surface area contributed by atoms with Gasteiger partial charge in [0.2, 0.25) is 0 Å². The second kappa shape index (κ2) is 9.27. The summed E-state index contributed by atoms with van der Waals surface area (Å²) in [5, 5.41) is 14.5. The molecule has 2 aliphatic rings. The number of carboxylic acid groups (broad SMARTS) is 1. The highest BCUT2D eigenvalue weighted by Crippen LogP contribution is 2.32. The predicted octanol–water partition coefficient (Wildman–Crippen LogP) is 3.19. The van der Waals surface area contributed by atoms with Gasteiger partial charge in [0.15, 0.2) is 0 Å². The number of para-hydroxylation sites is 1. The van der Waals surface area contributed by atoms with Crippen LogP contribution in [0.2, 0.25) is 0 Å². The van der Waals surface area contributed by atoms with Gasteiger partial charge >= 0.3 is 12.0 Å². The van der Waals surface area contributed by atoms with E-state index >= 15 is 0 Å². The first kappa shape index (κ1) is 21.6. The number of ether oxygens (including phenoxy) is 2. The van der Waals surface area contributed by atoms with Crippen LogP contribution in [0.25, 0.3) is 0 Å². The molecule has 0 aliphatic carbocycles. The lowest BCUT2D eigenvalue weighted by atomic mass is 9.94. The molecule has 0 saturated carbocycles. The Labute approximate surface area is 185 Å². The molecule has 0 spiro atoms. The van der Waals surface area contributed by atoms with E-state index in [0.717, 1.165) is 0 Å². The molecular weight excluding hydrogens is 414 g/mol. The van der Waals surface area contributed by atoms with Crippen LogP contribution in [0, 0.1) is 0 Å². The first-order valence-electron chi connectivity index (χ1n) is 10.4. The highest BCUT2D eigenvalue weighted by molar-refractivity contribution is 6.02. The highest BCUT2D eigenvalue weighted by atomic mass is 16.5. The lowest BCUT2D eigenvalue weighted by molar-refractivity contribution is -0.148. The van der Waals surface area contributed by atoms with Crippen molar-refractivity contribution in [2.45, 2.75) is 37.5 Å². The van der Waals surface area contributed by atoms with Gasteiger partial charge in [-0.2, -0.15) is 0 Å². The third kappa shape index (κ3) is 4.83. The quantitative estimate of drug-likeness (QED) is 0.674. The number of carbonyl (C=O) groups excluding carboxylic acids is 2. The molecule has 4 rings (SSSR count). The molecule has 0 bridgehead atoms. The van der Waals surface area contributed by atoms with Gasteiger partial charge in [-0.15, -0.1) is 0 Å². The zero-order valence-electron chi connectivity index (χ0n) is 17.6. The number of hydrogen-bond acceptors (Lipinski definition) is 5. The molecule has 2 aliphatic heterocycles. The van der Waals surface area contributed by atoms with Crippen LogP contribution in [0.5, 0.6) is 5.75 Å². The Bertz CT molecular complexity index is 1010. The van der Waals surface area contributed by atoms with Crippen LogP contribution in [0.1, 0.15) is 29.6 Å². The molecule has 1 saturated heterocycles. The molecular formula is C23H25N3O6. The zero-order valence-corrected chi connectivity index (χ0v) is 17.6. The average molecular weight is 439 g/mol. The van der Waals surface area contributed by atoms with E-state index in [0.29, 0.717) is 35.5 Å². The van der Waals surface area contributed by atoms with E-state index in [-0.39, 0.29) is 25.0 Å². The van der Waals surface area contributed by atoms with Crippen LogP contribution in [-0.4, -0.2) is 59.8 Å². The number of amides is 3. The molecule has 3 N–H and O–H groups in total. The summed E-state index contributed by atoms with van der Waals surface area (Å²) in [6.07, 6.45) is 0.302. The van der Waals surface area contributed by atoms with E-state index in [1.54, 1.807) is 42.3 Å². The lowest BCUT2D eigenvalue weighted by Crippen LogP contribution is -2.53. The number of nitrogens with zero attached hydrogens (tertiary/aromatic N) is 1. The first-order valence-corrected chi connectivity index (χ1v) is 10.4. The fourth-order valence-corrected chi connectivity index (χ4v) is 4.11. The average Bonchev–Trinajstić information content (AvgIpc) is 2.77. The number of likely N-dealkylation sites (N-methyl/N-ethyl adjacent to an activating group) is 1. The van der Waals surface area contributed by atoms with Gasteiger partial charge in [0.25, 0.3) is 5.91 Å². The number of fused-ring (bicyclic) bond motifs is 2. The van der Waals surface area contributed by atoms with Crippen LogP contribution >= 0.6 is 0 Å². The van der Waals surface area contributed by atoms with Gasteiger partial charge in [-0.25, -0.2) is 4.79 Å². The molecule has 2 aromatic carbocycles. The monoisotopic (exact) mass is 439 g/mol. The van der Waals surface area contributed by atoms with Gasteiger partial charge in [0.05, 0.1) is 24.1 Å². The number of carbonyl (C=O) groups is 3. The smallest absolute Gasteiger partial charge is 0.323 e. The maximum Gasteiger partial charge on any atom is 0.323 e.